The monoisotopic (exact) mass is 406 g/mol. The number of halogens is 1. The van der Waals surface area contributed by atoms with E-state index in [4.69, 9.17) is 4.74 Å². The highest BCUT2D eigenvalue weighted by Crippen LogP contribution is 2.20. The van der Waals surface area contributed by atoms with Crippen LogP contribution < -0.4 is 10.6 Å². The zero-order valence-corrected chi connectivity index (χ0v) is 14.6. The van der Waals surface area contributed by atoms with Gasteiger partial charge in [-0.3, -0.25) is 15.2 Å². The molecule has 0 spiro atoms. The van der Waals surface area contributed by atoms with Crippen LogP contribution >= 0.6 is 15.9 Å². The van der Waals surface area contributed by atoms with Crippen molar-refractivity contribution in [2.75, 3.05) is 6.61 Å². The van der Waals surface area contributed by atoms with E-state index in [1.54, 1.807) is 0 Å². The van der Waals surface area contributed by atoms with Crippen molar-refractivity contribution in [2.24, 2.45) is 0 Å². The zero-order valence-electron chi connectivity index (χ0n) is 13.0. The zero-order chi connectivity index (χ0) is 17.8. The van der Waals surface area contributed by atoms with Gasteiger partial charge < -0.3 is 10.1 Å². The van der Waals surface area contributed by atoms with Crippen LogP contribution in [0.4, 0.5) is 4.79 Å². The van der Waals surface area contributed by atoms with Gasteiger partial charge in [-0.25, -0.2) is 9.59 Å². The first-order valence-electron chi connectivity index (χ1n) is 7.60. The topological polar surface area (TPSA) is 113 Å². The van der Waals surface area contributed by atoms with Crippen LogP contribution in [0.1, 0.15) is 23.3 Å². The Morgan fingerprint density at radius 3 is 2.64 bits per heavy atom. The molecule has 0 unspecified atom stereocenters. The van der Waals surface area contributed by atoms with E-state index in [1.165, 1.54) is 6.07 Å². The lowest BCUT2D eigenvalue weighted by atomic mass is 10.1. The van der Waals surface area contributed by atoms with Crippen molar-refractivity contribution in [2.45, 2.75) is 18.9 Å². The SMILES string of the molecule is O=C(COC(=O)c1cc(-c2ccc(Br)cc2)n[nH]1)NC(=O)NC1CC1. The number of aromatic amines is 1. The molecule has 3 rings (SSSR count). The molecule has 0 bridgehead atoms. The largest absolute Gasteiger partial charge is 0.451 e. The third-order valence-electron chi connectivity index (χ3n) is 3.44. The van der Waals surface area contributed by atoms with Gasteiger partial charge >= 0.3 is 12.0 Å². The maximum absolute atomic E-state index is 11.9. The van der Waals surface area contributed by atoms with E-state index in [1.807, 2.05) is 24.3 Å². The van der Waals surface area contributed by atoms with Crippen LogP contribution in [0, 0.1) is 0 Å². The van der Waals surface area contributed by atoms with Gasteiger partial charge in [-0.15, -0.1) is 0 Å². The molecule has 1 aliphatic carbocycles. The predicted molar refractivity (Wildman–Crippen MR) is 91.7 cm³/mol. The van der Waals surface area contributed by atoms with Crippen molar-refractivity contribution < 1.29 is 19.1 Å². The van der Waals surface area contributed by atoms with E-state index >= 15 is 0 Å². The maximum atomic E-state index is 11.9. The molecule has 25 heavy (non-hydrogen) atoms. The van der Waals surface area contributed by atoms with Gasteiger partial charge in [0.25, 0.3) is 5.91 Å². The molecule has 1 aliphatic rings. The number of rotatable bonds is 5. The maximum Gasteiger partial charge on any atom is 0.356 e. The van der Waals surface area contributed by atoms with E-state index in [0.29, 0.717) is 5.69 Å². The summed E-state index contributed by atoms with van der Waals surface area (Å²) < 4.78 is 5.80. The minimum absolute atomic E-state index is 0.119. The van der Waals surface area contributed by atoms with Gasteiger partial charge in [0, 0.05) is 16.1 Å². The molecular weight excluding hydrogens is 392 g/mol. The lowest BCUT2D eigenvalue weighted by Gasteiger charge is -2.05. The van der Waals surface area contributed by atoms with E-state index in [2.05, 4.69) is 36.8 Å². The number of ether oxygens (including phenoxy) is 1. The number of benzene rings is 1. The molecule has 0 radical (unpaired) electrons. The smallest absolute Gasteiger partial charge is 0.356 e. The quantitative estimate of drug-likeness (QED) is 0.657. The van der Waals surface area contributed by atoms with Gasteiger partial charge in [-0.2, -0.15) is 5.10 Å². The van der Waals surface area contributed by atoms with Crippen molar-refractivity contribution in [1.82, 2.24) is 20.8 Å². The first-order valence-corrected chi connectivity index (χ1v) is 8.39. The summed E-state index contributed by atoms with van der Waals surface area (Å²) >= 11 is 3.35. The molecule has 1 fully saturated rings. The van der Waals surface area contributed by atoms with Crippen LogP contribution in [-0.2, 0) is 9.53 Å². The summed E-state index contributed by atoms with van der Waals surface area (Å²) in [6, 6.07) is 8.50. The fourth-order valence-corrected chi connectivity index (χ4v) is 2.28. The van der Waals surface area contributed by atoms with Gasteiger partial charge in [0.15, 0.2) is 6.61 Å². The predicted octanol–water partition coefficient (Wildman–Crippen LogP) is 1.98. The first kappa shape index (κ1) is 17.2. The summed E-state index contributed by atoms with van der Waals surface area (Å²) in [6.07, 6.45) is 1.83. The number of urea groups is 1. The average molecular weight is 407 g/mol. The first-order chi connectivity index (χ1) is 12.0. The summed E-state index contributed by atoms with van der Waals surface area (Å²) in [5.41, 5.74) is 1.52. The molecule has 1 aromatic carbocycles. The number of amides is 3. The summed E-state index contributed by atoms with van der Waals surface area (Å²) in [5, 5.41) is 11.3. The Balaban J connectivity index is 1.50. The van der Waals surface area contributed by atoms with Crippen LogP contribution in [-0.4, -0.2) is 40.8 Å². The lowest BCUT2D eigenvalue weighted by Crippen LogP contribution is -2.42. The van der Waals surface area contributed by atoms with E-state index in [9.17, 15) is 14.4 Å². The van der Waals surface area contributed by atoms with Gasteiger partial charge in [0.05, 0.1) is 5.69 Å². The molecule has 0 atom stereocenters. The van der Waals surface area contributed by atoms with Gasteiger partial charge in [0.1, 0.15) is 5.69 Å². The van der Waals surface area contributed by atoms with E-state index < -0.39 is 24.5 Å². The molecule has 1 aromatic heterocycles. The minimum Gasteiger partial charge on any atom is -0.451 e. The fraction of sp³-hybridized carbons (Fsp3) is 0.250. The van der Waals surface area contributed by atoms with Crippen LogP contribution in [0.25, 0.3) is 11.3 Å². The van der Waals surface area contributed by atoms with Crippen LogP contribution in [0.3, 0.4) is 0 Å². The van der Waals surface area contributed by atoms with Crippen LogP contribution in [0.5, 0.6) is 0 Å². The summed E-state index contributed by atoms with van der Waals surface area (Å²) in [6.45, 7) is -0.552. The number of hydrogen-bond acceptors (Lipinski definition) is 5. The van der Waals surface area contributed by atoms with Crippen molar-refractivity contribution in [3.8, 4) is 11.3 Å². The van der Waals surface area contributed by atoms with Crippen LogP contribution in [0.15, 0.2) is 34.8 Å². The number of carbonyl (C=O) groups excluding carboxylic acids is 3. The molecule has 3 N–H and O–H groups in total. The Hall–Kier alpha value is -2.68. The molecule has 1 saturated carbocycles. The van der Waals surface area contributed by atoms with Gasteiger partial charge in [0.2, 0.25) is 0 Å². The second kappa shape index (κ2) is 7.47. The molecule has 8 nitrogen and oxygen atoms in total. The Morgan fingerprint density at radius 1 is 1.24 bits per heavy atom. The van der Waals surface area contributed by atoms with E-state index in [-0.39, 0.29) is 11.7 Å². The number of imide groups is 1. The number of H-pyrrole nitrogens is 1. The summed E-state index contributed by atoms with van der Waals surface area (Å²) in [4.78, 5) is 34.9. The second-order valence-corrected chi connectivity index (χ2v) is 6.46. The molecule has 1 heterocycles. The number of carbonyl (C=O) groups is 3. The Kier molecular flexibility index (Phi) is 5.13. The molecule has 9 heteroatoms. The standard InChI is InChI=1S/C16H15BrN4O4/c17-10-3-1-9(2-4-10)12-7-13(21-20-12)15(23)25-8-14(22)19-16(24)18-11-5-6-11/h1-4,7,11H,5-6,8H2,(H,20,21)(H2,18,19,22,24). The highest BCUT2D eigenvalue weighted by Gasteiger charge is 2.24. The highest BCUT2D eigenvalue weighted by molar-refractivity contribution is 9.10. The third-order valence-corrected chi connectivity index (χ3v) is 3.97. The molecule has 2 aromatic rings. The molecular formula is C16H15BrN4O4. The fourth-order valence-electron chi connectivity index (χ4n) is 2.02. The number of esters is 1. The molecule has 0 saturated heterocycles. The van der Waals surface area contributed by atoms with Gasteiger partial charge in [-0.05, 0) is 31.0 Å². The number of hydrogen-bond donors (Lipinski definition) is 3. The Bertz CT molecular complexity index is 799. The summed E-state index contributed by atoms with van der Waals surface area (Å²) in [7, 11) is 0. The Labute approximate surface area is 151 Å². The van der Waals surface area contributed by atoms with Crippen molar-refractivity contribution in [3.63, 3.8) is 0 Å². The Morgan fingerprint density at radius 2 is 1.96 bits per heavy atom. The van der Waals surface area contributed by atoms with Crippen molar-refractivity contribution in [3.05, 3.63) is 40.5 Å². The molecule has 130 valence electrons. The van der Waals surface area contributed by atoms with Crippen molar-refractivity contribution >= 4 is 33.8 Å². The number of nitrogens with one attached hydrogen (secondary N) is 3. The summed E-state index contributed by atoms with van der Waals surface area (Å²) in [5.74, 6) is -1.42. The lowest BCUT2D eigenvalue weighted by molar-refractivity contribution is -0.123. The normalized spacial score (nSPS) is 13.2. The number of nitrogens with zero attached hydrogens (tertiary/aromatic N) is 1. The van der Waals surface area contributed by atoms with Crippen molar-refractivity contribution in [1.29, 1.82) is 0 Å². The minimum atomic E-state index is -0.728. The second-order valence-electron chi connectivity index (χ2n) is 5.55. The van der Waals surface area contributed by atoms with E-state index in [0.717, 1.165) is 22.9 Å². The van der Waals surface area contributed by atoms with Gasteiger partial charge in [-0.1, -0.05) is 28.1 Å². The average Bonchev–Trinajstić information content (AvgIpc) is 3.25. The highest BCUT2D eigenvalue weighted by atomic mass is 79.9. The number of aromatic nitrogens is 2. The molecule has 0 aliphatic heterocycles. The van der Waals surface area contributed by atoms with Crippen LogP contribution in [0.2, 0.25) is 0 Å². The molecule has 3 amide bonds. The third kappa shape index (κ3) is 4.90.